The standard InChI is InChI=1S/C26H48O2/c1-2-3-4-5-6-7-8-9-10-11-12-13-14-15-16-17-18-19-20-21-22-23-24-25-26(27)28/h7-8,11-12H,2-6,9-10,13-25H2,1H3,(H,27,28). The van der Waals surface area contributed by atoms with Gasteiger partial charge >= 0.3 is 5.97 Å². The molecule has 0 aliphatic heterocycles. The summed E-state index contributed by atoms with van der Waals surface area (Å²) in [6.07, 6.45) is 34.1. The molecule has 0 aromatic rings. The lowest BCUT2D eigenvalue weighted by Crippen LogP contribution is -1.93. The molecular formula is C26H48O2. The van der Waals surface area contributed by atoms with E-state index in [-0.39, 0.29) is 0 Å². The van der Waals surface area contributed by atoms with Gasteiger partial charge in [-0.3, -0.25) is 4.79 Å². The lowest BCUT2D eigenvalue weighted by Gasteiger charge is -2.02. The number of carboxylic acid groups (broad SMARTS) is 1. The number of carbonyl (C=O) groups is 1. The fourth-order valence-corrected chi connectivity index (χ4v) is 3.48. The van der Waals surface area contributed by atoms with Crippen LogP contribution in [-0.4, -0.2) is 11.1 Å². The Morgan fingerprint density at radius 3 is 1.32 bits per heavy atom. The van der Waals surface area contributed by atoms with Gasteiger partial charge in [-0.05, 0) is 44.9 Å². The molecule has 2 nitrogen and oxygen atoms in total. The molecule has 0 aliphatic carbocycles. The molecular weight excluding hydrogens is 344 g/mol. The third kappa shape index (κ3) is 24.9. The molecule has 164 valence electrons. The zero-order valence-electron chi connectivity index (χ0n) is 18.8. The van der Waals surface area contributed by atoms with Crippen LogP contribution in [0.15, 0.2) is 24.3 Å². The number of carboxylic acids is 1. The molecule has 0 rings (SSSR count). The van der Waals surface area contributed by atoms with Crippen molar-refractivity contribution in [2.75, 3.05) is 0 Å². The molecule has 0 heterocycles. The molecule has 1 N–H and O–H groups in total. The van der Waals surface area contributed by atoms with Crippen LogP contribution in [0.1, 0.15) is 135 Å². The van der Waals surface area contributed by atoms with E-state index >= 15 is 0 Å². The highest BCUT2D eigenvalue weighted by molar-refractivity contribution is 5.66. The Hall–Kier alpha value is -1.05. The summed E-state index contributed by atoms with van der Waals surface area (Å²) in [6.45, 7) is 2.27. The molecule has 0 bridgehead atoms. The number of unbranched alkanes of at least 4 members (excludes halogenated alkanes) is 16. The first-order chi connectivity index (χ1) is 13.8. The van der Waals surface area contributed by atoms with Gasteiger partial charge in [0.15, 0.2) is 0 Å². The molecule has 0 atom stereocenters. The second-order valence-corrected chi connectivity index (χ2v) is 8.19. The Labute approximate surface area is 175 Å². The first-order valence-electron chi connectivity index (χ1n) is 12.3. The lowest BCUT2D eigenvalue weighted by molar-refractivity contribution is -0.137. The minimum atomic E-state index is -0.656. The maximum Gasteiger partial charge on any atom is 0.303 e. The maximum absolute atomic E-state index is 10.4. The summed E-state index contributed by atoms with van der Waals surface area (Å²) in [4.78, 5) is 10.4. The zero-order valence-corrected chi connectivity index (χ0v) is 18.8. The van der Waals surface area contributed by atoms with E-state index < -0.39 is 5.97 Å². The first-order valence-corrected chi connectivity index (χ1v) is 12.3. The van der Waals surface area contributed by atoms with E-state index in [9.17, 15) is 4.79 Å². The molecule has 0 radical (unpaired) electrons. The monoisotopic (exact) mass is 392 g/mol. The van der Waals surface area contributed by atoms with Crippen LogP contribution < -0.4 is 0 Å². The molecule has 0 aliphatic rings. The van der Waals surface area contributed by atoms with E-state index in [0.29, 0.717) is 6.42 Å². The lowest BCUT2D eigenvalue weighted by atomic mass is 10.0. The predicted octanol–water partition coefficient (Wildman–Crippen LogP) is 9.01. The van der Waals surface area contributed by atoms with Crippen LogP contribution in [0.3, 0.4) is 0 Å². The largest absolute Gasteiger partial charge is 0.481 e. The van der Waals surface area contributed by atoms with Crippen LogP contribution in [0, 0.1) is 0 Å². The molecule has 0 fully saturated rings. The molecule has 0 aromatic heterocycles. The van der Waals surface area contributed by atoms with E-state index in [1.54, 1.807) is 0 Å². The summed E-state index contributed by atoms with van der Waals surface area (Å²) in [6, 6.07) is 0. The van der Waals surface area contributed by atoms with Gasteiger partial charge < -0.3 is 5.11 Å². The van der Waals surface area contributed by atoms with Crippen molar-refractivity contribution in [3.63, 3.8) is 0 Å². The Morgan fingerprint density at radius 2 is 0.893 bits per heavy atom. The average molecular weight is 393 g/mol. The van der Waals surface area contributed by atoms with Gasteiger partial charge in [-0.15, -0.1) is 0 Å². The van der Waals surface area contributed by atoms with E-state index in [4.69, 9.17) is 5.11 Å². The third-order valence-corrected chi connectivity index (χ3v) is 5.32. The van der Waals surface area contributed by atoms with Crippen LogP contribution in [0.5, 0.6) is 0 Å². The molecule has 0 saturated carbocycles. The fraction of sp³-hybridized carbons (Fsp3) is 0.808. The van der Waals surface area contributed by atoms with Crippen molar-refractivity contribution in [3.8, 4) is 0 Å². The minimum absolute atomic E-state index is 0.339. The summed E-state index contributed by atoms with van der Waals surface area (Å²) in [7, 11) is 0. The highest BCUT2D eigenvalue weighted by Gasteiger charge is 1.96. The molecule has 0 spiro atoms. The quantitative estimate of drug-likeness (QED) is 0.147. The second kappa shape index (κ2) is 24.0. The number of allylic oxidation sites excluding steroid dienone is 4. The normalized spacial score (nSPS) is 11.8. The van der Waals surface area contributed by atoms with Crippen molar-refractivity contribution >= 4 is 5.97 Å². The Bertz CT molecular complexity index is 371. The zero-order chi connectivity index (χ0) is 20.5. The Kier molecular flexibility index (Phi) is 23.1. The van der Waals surface area contributed by atoms with E-state index in [0.717, 1.165) is 12.8 Å². The van der Waals surface area contributed by atoms with E-state index in [2.05, 4.69) is 31.2 Å². The van der Waals surface area contributed by atoms with Gasteiger partial charge in [0.1, 0.15) is 0 Å². The van der Waals surface area contributed by atoms with Crippen LogP contribution >= 0.6 is 0 Å². The van der Waals surface area contributed by atoms with Gasteiger partial charge in [-0.25, -0.2) is 0 Å². The Balaban J connectivity index is 3.13. The highest BCUT2D eigenvalue weighted by Crippen LogP contribution is 2.13. The first kappa shape index (κ1) is 27.0. The molecule has 2 heteroatoms. The van der Waals surface area contributed by atoms with Crippen molar-refractivity contribution < 1.29 is 9.90 Å². The maximum atomic E-state index is 10.4. The highest BCUT2D eigenvalue weighted by atomic mass is 16.4. The smallest absolute Gasteiger partial charge is 0.303 e. The van der Waals surface area contributed by atoms with Crippen LogP contribution in [-0.2, 0) is 4.79 Å². The third-order valence-electron chi connectivity index (χ3n) is 5.32. The van der Waals surface area contributed by atoms with Crippen molar-refractivity contribution in [2.45, 2.75) is 135 Å². The molecule has 0 amide bonds. The van der Waals surface area contributed by atoms with Gasteiger partial charge in [0, 0.05) is 6.42 Å². The number of rotatable bonds is 22. The Morgan fingerprint density at radius 1 is 0.536 bits per heavy atom. The van der Waals surface area contributed by atoms with E-state index in [1.165, 1.54) is 109 Å². The SMILES string of the molecule is CCCCCCC=CCCC=CCCCCCCCCCCCCCC(=O)O. The average Bonchev–Trinajstić information content (AvgIpc) is 2.68. The summed E-state index contributed by atoms with van der Waals surface area (Å²) in [5, 5.41) is 8.58. The van der Waals surface area contributed by atoms with Gasteiger partial charge in [0.2, 0.25) is 0 Å². The van der Waals surface area contributed by atoms with Crippen molar-refractivity contribution in [1.82, 2.24) is 0 Å². The molecule has 0 unspecified atom stereocenters. The van der Waals surface area contributed by atoms with Crippen molar-refractivity contribution in [2.24, 2.45) is 0 Å². The van der Waals surface area contributed by atoms with Crippen LogP contribution in [0.2, 0.25) is 0 Å². The van der Waals surface area contributed by atoms with Crippen LogP contribution in [0.25, 0.3) is 0 Å². The fourth-order valence-electron chi connectivity index (χ4n) is 3.48. The molecule has 28 heavy (non-hydrogen) atoms. The summed E-state index contributed by atoms with van der Waals surface area (Å²) in [5.74, 6) is -0.656. The summed E-state index contributed by atoms with van der Waals surface area (Å²) < 4.78 is 0. The molecule has 0 aromatic carbocycles. The van der Waals surface area contributed by atoms with Gasteiger partial charge in [0.05, 0.1) is 0 Å². The van der Waals surface area contributed by atoms with Crippen molar-refractivity contribution in [3.05, 3.63) is 24.3 Å². The topological polar surface area (TPSA) is 37.3 Å². The second-order valence-electron chi connectivity index (χ2n) is 8.19. The van der Waals surface area contributed by atoms with E-state index in [1.807, 2.05) is 0 Å². The van der Waals surface area contributed by atoms with Crippen molar-refractivity contribution in [1.29, 1.82) is 0 Å². The summed E-state index contributed by atoms with van der Waals surface area (Å²) in [5.41, 5.74) is 0. The van der Waals surface area contributed by atoms with Gasteiger partial charge in [0.25, 0.3) is 0 Å². The summed E-state index contributed by atoms with van der Waals surface area (Å²) >= 11 is 0. The number of hydrogen-bond donors (Lipinski definition) is 1. The number of hydrogen-bond acceptors (Lipinski definition) is 1. The number of aliphatic carboxylic acids is 1. The minimum Gasteiger partial charge on any atom is -0.481 e. The van der Waals surface area contributed by atoms with Gasteiger partial charge in [-0.1, -0.05) is 108 Å². The predicted molar refractivity (Wildman–Crippen MR) is 124 cm³/mol. The molecule has 0 saturated heterocycles. The van der Waals surface area contributed by atoms with Crippen LogP contribution in [0.4, 0.5) is 0 Å². The van der Waals surface area contributed by atoms with Gasteiger partial charge in [-0.2, -0.15) is 0 Å².